The number of nitrogens with zero attached hydrogens (tertiary/aromatic N) is 3. The summed E-state index contributed by atoms with van der Waals surface area (Å²) in [7, 11) is 3.95. The van der Waals surface area contributed by atoms with Crippen LogP contribution < -0.4 is 0 Å². The van der Waals surface area contributed by atoms with Crippen molar-refractivity contribution in [3.63, 3.8) is 0 Å². The first kappa shape index (κ1) is 21.2. The number of hydrogen-bond donors (Lipinski definition) is 1. The zero-order chi connectivity index (χ0) is 21.3. The van der Waals surface area contributed by atoms with Gasteiger partial charge in [-0.05, 0) is 53.4 Å². The van der Waals surface area contributed by atoms with Crippen molar-refractivity contribution in [1.82, 2.24) is 14.8 Å². The Labute approximate surface area is 175 Å². The lowest BCUT2D eigenvalue weighted by Crippen LogP contribution is -2.33. The predicted octanol–water partition coefficient (Wildman–Crippen LogP) is 3.60. The average molecular weight is 414 g/mol. The Hall–Kier alpha value is -2.51. The van der Waals surface area contributed by atoms with Crippen molar-refractivity contribution >= 4 is 23.0 Å². The quantitative estimate of drug-likeness (QED) is 0.702. The van der Waals surface area contributed by atoms with E-state index in [-0.39, 0.29) is 11.4 Å². The fraction of sp³-hybridized carbons (Fsp3) is 0.409. The number of aliphatic hydroxyl groups is 1. The minimum Gasteiger partial charge on any atom is -0.503 e. The van der Waals surface area contributed by atoms with Crippen molar-refractivity contribution in [3.8, 4) is 0 Å². The monoisotopic (exact) mass is 413 g/mol. The number of hydrogen-bond acceptors (Lipinski definition) is 6. The zero-order valence-electron chi connectivity index (χ0n) is 17.5. The second-order valence-corrected chi connectivity index (χ2v) is 8.91. The standard InChI is InChI=1S/C22H27N3O3S/c1-13-7-9-16(10-8-13)18-17(19(26)21-14(2)23-15(3)29-21)20(27)22(28)25(18)12-6-11-24(4)5/h7-10,18,27H,6,11-12H2,1-5H3/t18-/m1/s1. The molecule has 2 heterocycles. The highest BCUT2D eigenvalue weighted by atomic mass is 32.1. The first-order valence-corrected chi connectivity index (χ1v) is 10.5. The number of Topliss-reactive ketones (excluding diaryl/α,β-unsaturated/α-hetero) is 1. The largest absolute Gasteiger partial charge is 0.503 e. The van der Waals surface area contributed by atoms with Crippen LogP contribution >= 0.6 is 11.3 Å². The molecule has 0 bridgehead atoms. The maximum absolute atomic E-state index is 13.4. The van der Waals surface area contributed by atoms with E-state index in [9.17, 15) is 14.7 Å². The first-order chi connectivity index (χ1) is 13.7. The van der Waals surface area contributed by atoms with Crippen LogP contribution in [0.15, 0.2) is 35.6 Å². The van der Waals surface area contributed by atoms with E-state index in [0.29, 0.717) is 17.1 Å². The molecule has 1 atom stereocenters. The molecule has 0 saturated heterocycles. The molecule has 0 fully saturated rings. The molecule has 3 rings (SSSR count). The summed E-state index contributed by atoms with van der Waals surface area (Å²) >= 11 is 1.29. The summed E-state index contributed by atoms with van der Waals surface area (Å²) in [5.74, 6) is -1.26. The third kappa shape index (κ3) is 4.26. The second kappa shape index (κ2) is 8.47. The van der Waals surface area contributed by atoms with Gasteiger partial charge in [0.25, 0.3) is 5.91 Å². The van der Waals surface area contributed by atoms with Gasteiger partial charge in [0.15, 0.2) is 5.76 Å². The highest BCUT2D eigenvalue weighted by molar-refractivity contribution is 7.14. The number of carbonyl (C=O) groups is 2. The van der Waals surface area contributed by atoms with Gasteiger partial charge >= 0.3 is 0 Å². The lowest BCUT2D eigenvalue weighted by Gasteiger charge is -2.27. The van der Waals surface area contributed by atoms with Gasteiger partial charge in [0.05, 0.1) is 27.2 Å². The molecule has 2 aromatic rings. The molecule has 0 aliphatic carbocycles. The Balaban J connectivity index is 2.03. The van der Waals surface area contributed by atoms with E-state index in [1.54, 1.807) is 11.8 Å². The van der Waals surface area contributed by atoms with E-state index >= 15 is 0 Å². The fourth-order valence-electron chi connectivity index (χ4n) is 3.63. The van der Waals surface area contributed by atoms with Crippen LogP contribution in [0.3, 0.4) is 0 Å². The highest BCUT2D eigenvalue weighted by Crippen LogP contribution is 2.40. The Morgan fingerprint density at radius 1 is 1.21 bits per heavy atom. The van der Waals surface area contributed by atoms with E-state index < -0.39 is 17.7 Å². The molecule has 0 spiro atoms. The summed E-state index contributed by atoms with van der Waals surface area (Å²) in [6.45, 7) is 6.87. The molecule has 0 unspecified atom stereocenters. The van der Waals surface area contributed by atoms with Crippen molar-refractivity contribution < 1.29 is 14.7 Å². The van der Waals surface area contributed by atoms with Crippen LogP contribution in [0.25, 0.3) is 0 Å². The Bertz CT molecular complexity index is 960. The normalized spacial score (nSPS) is 17.0. The number of aliphatic hydroxyl groups excluding tert-OH is 1. The van der Waals surface area contributed by atoms with Crippen LogP contribution in [0.1, 0.15) is 44.0 Å². The topological polar surface area (TPSA) is 73.7 Å². The van der Waals surface area contributed by atoms with Crippen LogP contribution in [0.2, 0.25) is 0 Å². The van der Waals surface area contributed by atoms with Crippen molar-refractivity contribution in [2.75, 3.05) is 27.2 Å². The number of amides is 1. The van der Waals surface area contributed by atoms with E-state index in [4.69, 9.17) is 0 Å². The summed E-state index contributed by atoms with van der Waals surface area (Å²) in [4.78, 5) is 34.8. The van der Waals surface area contributed by atoms with Crippen LogP contribution in [-0.2, 0) is 4.79 Å². The van der Waals surface area contributed by atoms with Crippen molar-refractivity contribution in [1.29, 1.82) is 0 Å². The molecule has 1 aliphatic heterocycles. The molecule has 29 heavy (non-hydrogen) atoms. The van der Waals surface area contributed by atoms with Gasteiger partial charge in [-0.3, -0.25) is 9.59 Å². The molecule has 1 aromatic heterocycles. The summed E-state index contributed by atoms with van der Waals surface area (Å²) in [6.07, 6.45) is 0.745. The van der Waals surface area contributed by atoms with Crippen molar-refractivity contribution in [2.24, 2.45) is 0 Å². The number of aromatic nitrogens is 1. The number of carbonyl (C=O) groups excluding carboxylic acids is 2. The lowest BCUT2D eigenvalue weighted by molar-refractivity contribution is -0.129. The number of rotatable bonds is 7. The number of aryl methyl sites for hydroxylation is 3. The van der Waals surface area contributed by atoms with Gasteiger partial charge in [0.1, 0.15) is 0 Å². The maximum atomic E-state index is 13.4. The smallest absolute Gasteiger partial charge is 0.290 e. The Morgan fingerprint density at radius 3 is 2.41 bits per heavy atom. The molecule has 1 amide bonds. The molecule has 1 aliphatic rings. The van der Waals surface area contributed by atoms with Crippen molar-refractivity contribution in [2.45, 2.75) is 33.2 Å². The summed E-state index contributed by atoms with van der Waals surface area (Å²) in [6, 6.07) is 7.15. The van der Waals surface area contributed by atoms with Crippen molar-refractivity contribution in [3.05, 3.63) is 62.3 Å². The third-order valence-electron chi connectivity index (χ3n) is 5.06. The summed E-state index contributed by atoms with van der Waals surface area (Å²) in [5.41, 5.74) is 2.68. The average Bonchev–Trinajstić information content (AvgIpc) is 3.12. The Kier molecular flexibility index (Phi) is 6.19. The van der Waals surface area contributed by atoms with Gasteiger partial charge in [-0.25, -0.2) is 4.98 Å². The maximum Gasteiger partial charge on any atom is 0.290 e. The van der Waals surface area contributed by atoms with Gasteiger partial charge < -0.3 is 14.9 Å². The van der Waals surface area contributed by atoms with E-state index in [1.807, 2.05) is 57.1 Å². The molecular formula is C22H27N3O3S. The number of ketones is 1. The van der Waals surface area contributed by atoms with Gasteiger partial charge in [-0.2, -0.15) is 0 Å². The summed E-state index contributed by atoms with van der Waals surface area (Å²) < 4.78 is 0. The highest BCUT2D eigenvalue weighted by Gasteiger charge is 2.44. The molecule has 0 radical (unpaired) electrons. The summed E-state index contributed by atoms with van der Waals surface area (Å²) in [5, 5.41) is 11.5. The van der Waals surface area contributed by atoms with Gasteiger partial charge in [-0.1, -0.05) is 29.8 Å². The number of thiazole rings is 1. The van der Waals surface area contributed by atoms with E-state index in [2.05, 4.69) is 4.98 Å². The van der Waals surface area contributed by atoms with E-state index in [1.165, 1.54) is 11.3 Å². The zero-order valence-corrected chi connectivity index (χ0v) is 18.3. The molecule has 0 saturated carbocycles. The molecular weight excluding hydrogens is 386 g/mol. The Morgan fingerprint density at radius 2 is 1.86 bits per heavy atom. The molecule has 7 heteroatoms. The minimum absolute atomic E-state index is 0.149. The van der Waals surface area contributed by atoms with Crippen LogP contribution in [0, 0.1) is 20.8 Å². The molecule has 1 N–H and O–H groups in total. The van der Waals surface area contributed by atoms with E-state index in [0.717, 1.165) is 29.1 Å². The molecule has 1 aromatic carbocycles. The SMILES string of the molecule is Cc1ccc([C@@H]2C(C(=O)c3sc(C)nc3C)=C(O)C(=O)N2CCCN(C)C)cc1. The van der Waals surface area contributed by atoms with Crippen LogP contribution in [-0.4, -0.2) is 58.8 Å². The van der Waals surface area contributed by atoms with Crippen LogP contribution in [0.5, 0.6) is 0 Å². The third-order valence-corrected chi connectivity index (χ3v) is 6.13. The van der Waals surface area contributed by atoms with Gasteiger partial charge in [0, 0.05) is 6.54 Å². The second-order valence-electron chi connectivity index (χ2n) is 7.71. The fourth-order valence-corrected chi connectivity index (χ4v) is 4.51. The first-order valence-electron chi connectivity index (χ1n) is 9.64. The molecule has 154 valence electrons. The van der Waals surface area contributed by atoms with Crippen LogP contribution in [0.4, 0.5) is 0 Å². The number of benzene rings is 1. The molecule has 6 nitrogen and oxygen atoms in total. The lowest BCUT2D eigenvalue weighted by atomic mass is 9.94. The predicted molar refractivity (Wildman–Crippen MR) is 114 cm³/mol. The minimum atomic E-state index is -0.598. The van der Waals surface area contributed by atoms with Gasteiger partial charge in [-0.15, -0.1) is 11.3 Å². The van der Waals surface area contributed by atoms with Gasteiger partial charge in [0.2, 0.25) is 5.78 Å².